The van der Waals surface area contributed by atoms with Gasteiger partial charge in [-0.2, -0.15) is 0 Å². The predicted octanol–water partition coefficient (Wildman–Crippen LogP) is 2.27. The van der Waals surface area contributed by atoms with Crippen LogP contribution in [0.15, 0.2) is 18.3 Å². The van der Waals surface area contributed by atoms with Crippen LogP contribution in [0.3, 0.4) is 0 Å². The first-order chi connectivity index (χ1) is 8.25. The minimum absolute atomic E-state index is 0.598. The summed E-state index contributed by atoms with van der Waals surface area (Å²) in [4.78, 5) is 9.27. The molecule has 0 unspecified atom stereocenters. The molecule has 1 aromatic rings. The number of piperidine rings is 1. The summed E-state index contributed by atoms with van der Waals surface area (Å²) in [5.41, 5.74) is 0. The fourth-order valence-electron chi connectivity index (χ4n) is 3.15. The van der Waals surface area contributed by atoms with Gasteiger partial charge in [-0.15, -0.1) is 0 Å². The fraction of sp³-hybridized carbons (Fsp3) is 0.615. The lowest BCUT2D eigenvalue weighted by Crippen LogP contribution is -2.47. The number of anilines is 1. The second-order valence-corrected chi connectivity index (χ2v) is 5.58. The number of hydrogen-bond donors (Lipinski definition) is 0. The van der Waals surface area contributed by atoms with E-state index in [0.29, 0.717) is 6.04 Å². The van der Waals surface area contributed by atoms with E-state index in [9.17, 15) is 0 Å². The Morgan fingerprint density at radius 3 is 3.00 bits per heavy atom. The maximum absolute atomic E-state index is 6.25. The topological polar surface area (TPSA) is 19.4 Å². The SMILES string of the molecule is CN1CC[C@@H]2CCN(c3ncccc3Cl)[C@@H]2C1. The Hall–Kier alpha value is -0.800. The van der Waals surface area contributed by atoms with Crippen molar-refractivity contribution in [3.63, 3.8) is 0 Å². The number of fused-ring (bicyclic) bond motifs is 1. The van der Waals surface area contributed by atoms with Crippen LogP contribution >= 0.6 is 11.6 Å². The summed E-state index contributed by atoms with van der Waals surface area (Å²) in [7, 11) is 2.20. The number of likely N-dealkylation sites (N-methyl/N-ethyl adjacent to an activating group) is 1. The zero-order valence-electron chi connectivity index (χ0n) is 10.1. The van der Waals surface area contributed by atoms with Crippen LogP contribution in [0.25, 0.3) is 0 Å². The van der Waals surface area contributed by atoms with Crippen molar-refractivity contribution in [3.05, 3.63) is 23.4 Å². The summed E-state index contributed by atoms with van der Waals surface area (Å²) >= 11 is 6.25. The van der Waals surface area contributed by atoms with Crippen LogP contribution in [-0.4, -0.2) is 42.6 Å². The summed E-state index contributed by atoms with van der Waals surface area (Å²) in [6.07, 6.45) is 4.43. The molecule has 2 aliphatic rings. The van der Waals surface area contributed by atoms with Crippen molar-refractivity contribution in [3.8, 4) is 0 Å². The molecule has 3 rings (SSSR count). The summed E-state index contributed by atoms with van der Waals surface area (Å²) in [6, 6.07) is 4.43. The summed E-state index contributed by atoms with van der Waals surface area (Å²) in [6.45, 7) is 3.46. The molecule has 0 amide bonds. The molecule has 2 aliphatic heterocycles. The highest BCUT2D eigenvalue weighted by molar-refractivity contribution is 6.32. The predicted molar refractivity (Wildman–Crippen MR) is 70.6 cm³/mol. The van der Waals surface area contributed by atoms with E-state index in [0.717, 1.165) is 29.8 Å². The van der Waals surface area contributed by atoms with E-state index < -0.39 is 0 Å². The van der Waals surface area contributed by atoms with Gasteiger partial charge in [-0.25, -0.2) is 4.98 Å². The number of rotatable bonds is 1. The van der Waals surface area contributed by atoms with Gasteiger partial charge in [0.2, 0.25) is 0 Å². The van der Waals surface area contributed by atoms with Gasteiger partial charge in [-0.1, -0.05) is 11.6 Å². The zero-order valence-corrected chi connectivity index (χ0v) is 10.9. The first-order valence-electron chi connectivity index (χ1n) is 6.31. The quantitative estimate of drug-likeness (QED) is 0.763. The van der Waals surface area contributed by atoms with Crippen LogP contribution in [0, 0.1) is 5.92 Å². The van der Waals surface area contributed by atoms with E-state index in [-0.39, 0.29) is 0 Å². The highest BCUT2D eigenvalue weighted by atomic mass is 35.5. The Kier molecular flexibility index (Phi) is 2.97. The van der Waals surface area contributed by atoms with Gasteiger partial charge in [-0.3, -0.25) is 0 Å². The van der Waals surface area contributed by atoms with E-state index in [1.807, 2.05) is 18.3 Å². The van der Waals surface area contributed by atoms with Crippen LogP contribution in [0.4, 0.5) is 5.82 Å². The van der Waals surface area contributed by atoms with E-state index in [1.165, 1.54) is 19.4 Å². The van der Waals surface area contributed by atoms with Crippen LogP contribution in [0.5, 0.6) is 0 Å². The Bertz CT molecular complexity index is 409. The fourth-order valence-corrected chi connectivity index (χ4v) is 3.38. The molecule has 4 heteroatoms. The molecule has 2 fully saturated rings. The first-order valence-corrected chi connectivity index (χ1v) is 6.69. The summed E-state index contributed by atoms with van der Waals surface area (Å²) < 4.78 is 0. The minimum atomic E-state index is 0.598. The average Bonchev–Trinajstić information content (AvgIpc) is 2.72. The molecule has 0 bridgehead atoms. The minimum Gasteiger partial charge on any atom is -0.351 e. The average molecular weight is 252 g/mol. The molecule has 0 N–H and O–H groups in total. The third kappa shape index (κ3) is 2.02. The molecule has 1 aromatic heterocycles. The third-order valence-electron chi connectivity index (χ3n) is 4.08. The number of likely N-dealkylation sites (tertiary alicyclic amines) is 1. The Balaban J connectivity index is 1.87. The second kappa shape index (κ2) is 4.46. The smallest absolute Gasteiger partial charge is 0.147 e. The van der Waals surface area contributed by atoms with Gasteiger partial charge in [0.1, 0.15) is 5.82 Å². The normalized spacial score (nSPS) is 29.4. The highest BCUT2D eigenvalue weighted by Gasteiger charge is 2.38. The van der Waals surface area contributed by atoms with Gasteiger partial charge in [0.15, 0.2) is 0 Å². The Labute approximate surface area is 107 Å². The molecule has 3 heterocycles. The number of pyridine rings is 1. The zero-order chi connectivity index (χ0) is 11.8. The molecule has 0 saturated carbocycles. The van der Waals surface area contributed by atoms with Crippen molar-refractivity contribution < 1.29 is 0 Å². The maximum Gasteiger partial charge on any atom is 0.147 e. The van der Waals surface area contributed by atoms with Gasteiger partial charge < -0.3 is 9.80 Å². The number of aromatic nitrogens is 1. The number of hydrogen-bond acceptors (Lipinski definition) is 3. The van der Waals surface area contributed by atoms with E-state index in [2.05, 4.69) is 21.8 Å². The van der Waals surface area contributed by atoms with E-state index in [4.69, 9.17) is 11.6 Å². The van der Waals surface area contributed by atoms with Crippen LogP contribution in [0.1, 0.15) is 12.8 Å². The monoisotopic (exact) mass is 251 g/mol. The molecule has 92 valence electrons. The number of nitrogens with zero attached hydrogens (tertiary/aromatic N) is 3. The molecule has 0 aliphatic carbocycles. The molecule has 0 aromatic carbocycles. The van der Waals surface area contributed by atoms with Crippen molar-refractivity contribution >= 4 is 17.4 Å². The van der Waals surface area contributed by atoms with Crippen LogP contribution in [0.2, 0.25) is 5.02 Å². The van der Waals surface area contributed by atoms with Crippen LogP contribution in [-0.2, 0) is 0 Å². The lowest BCUT2D eigenvalue weighted by atomic mass is 9.92. The maximum atomic E-state index is 6.25. The largest absolute Gasteiger partial charge is 0.351 e. The summed E-state index contributed by atoms with van der Waals surface area (Å²) in [5, 5.41) is 0.779. The molecule has 2 saturated heterocycles. The van der Waals surface area contributed by atoms with Crippen molar-refractivity contribution in [2.24, 2.45) is 5.92 Å². The summed E-state index contributed by atoms with van der Waals surface area (Å²) in [5.74, 6) is 1.79. The van der Waals surface area contributed by atoms with Crippen molar-refractivity contribution in [2.75, 3.05) is 31.6 Å². The van der Waals surface area contributed by atoms with Gasteiger partial charge in [0.05, 0.1) is 5.02 Å². The lowest BCUT2D eigenvalue weighted by Gasteiger charge is -2.37. The molecule has 0 spiro atoms. The molecule has 2 atom stereocenters. The van der Waals surface area contributed by atoms with E-state index >= 15 is 0 Å². The third-order valence-corrected chi connectivity index (χ3v) is 4.37. The van der Waals surface area contributed by atoms with Gasteiger partial charge in [-0.05, 0) is 44.5 Å². The number of halogens is 1. The van der Waals surface area contributed by atoms with Gasteiger partial charge >= 0.3 is 0 Å². The molecular weight excluding hydrogens is 234 g/mol. The van der Waals surface area contributed by atoms with E-state index in [1.54, 1.807) is 0 Å². The first kappa shape index (κ1) is 11.3. The van der Waals surface area contributed by atoms with Gasteiger partial charge in [0.25, 0.3) is 0 Å². The lowest BCUT2D eigenvalue weighted by molar-refractivity contribution is 0.208. The second-order valence-electron chi connectivity index (χ2n) is 5.17. The Morgan fingerprint density at radius 2 is 2.18 bits per heavy atom. The van der Waals surface area contributed by atoms with Crippen molar-refractivity contribution in [1.82, 2.24) is 9.88 Å². The molecule has 17 heavy (non-hydrogen) atoms. The van der Waals surface area contributed by atoms with Gasteiger partial charge in [0, 0.05) is 25.3 Å². The van der Waals surface area contributed by atoms with Crippen molar-refractivity contribution in [1.29, 1.82) is 0 Å². The standard InChI is InChI=1S/C13H18ClN3/c1-16-7-4-10-5-8-17(12(10)9-16)13-11(14)3-2-6-15-13/h2-3,6,10,12H,4-5,7-9H2,1H3/t10-,12-/m1/s1. The molecule has 3 nitrogen and oxygen atoms in total. The van der Waals surface area contributed by atoms with Crippen molar-refractivity contribution in [2.45, 2.75) is 18.9 Å². The molecule has 0 radical (unpaired) electrons. The highest BCUT2D eigenvalue weighted by Crippen LogP contribution is 2.36. The van der Waals surface area contributed by atoms with Crippen LogP contribution < -0.4 is 4.90 Å². The molecular formula is C13H18ClN3. The Morgan fingerprint density at radius 1 is 1.35 bits per heavy atom.